The van der Waals surface area contributed by atoms with Gasteiger partial charge in [-0.15, -0.1) is 0 Å². The van der Waals surface area contributed by atoms with Crippen LogP contribution in [0.1, 0.15) is 37.8 Å². The Morgan fingerprint density at radius 1 is 0.397 bits per heavy atom. The van der Waals surface area contributed by atoms with Crippen LogP contribution < -0.4 is 0 Å². The van der Waals surface area contributed by atoms with Crippen LogP contribution in [0.3, 0.4) is 0 Å². The van der Waals surface area contributed by atoms with Crippen LogP contribution in [-0.4, -0.2) is 19.9 Å². The largest absolute Gasteiger partial charge is 0.264 e. The van der Waals surface area contributed by atoms with E-state index in [-0.39, 0.29) is 16.7 Å². The predicted molar refractivity (Wildman–Crippen MR) is 282 cm³/mol. The first kappa shape index (κ1) is 40.0. The van der Waals surface area contributed by atoms with Gasteiger partial charge in [0.2, 0.25) is 0 Å². The van der Waals surface area contributed by atoms with E-state index in [1.165, 1.54) is 54.2 Å². The average Bonchev–Trinajstić information content (AvgIpc) is 3.57. The van der Waals surface area contributed by atoms with Gasteiger partial charge >= 0.3 is 0 Å². The number of pyridine rings is 1. The minimum Gasteiger partial charge on any atom is -0.264 e. The molecule has 4 nitrogen and oxygen atoms in total. The first-order chi connectivity index (χ1) is 33.3. The molecule has 0 aliphatic heterocycles. The number of hydrogen-bond acceptors (Lipinski definition) is 4. The Morgan fingerprint density at radius 2 is 0.926 bits per heavy atom. The van der Waals surface area contributed by atoms with E-state index in [1.54, 1.807) is 6.20 Å². The van der Waals surface area contributed by atoms with E-state index in [2.05, 4.69) is 226 Å². The molecule has 0 N–H and O–H groups in total. The normalized spacial score (nSPS) is 17.0. The molecule has 9 aromatic carbocycles. The maximum Gasteiger partial charge on any atom is 0.164 e. The molecular formula is C64H46N4. The summed E-state index contributed by atoms with van der Waals surface area (Å²) in [5.74, 6) is 2.13. The van der Waals surface area contributed by atoms with E-state index in [0.29, 0.717) is 17.5 Å². The van der Waals surface area contributed by atoms with Crippen molar-refractivity contribution in [2.75, 3.05) is 0 Å². The first-order valence-corrected chi connectivity index (χ1v) is 23.5. The zero-order valence-electron chi connectivity index (χ0n) is 38.2. The molecule has 2 aliphatic carbocycles. The summed E-state index contributed by atoms with van der Waals surface area (Å²) < 4.78 is 0. The van der Waals surface area contributed by atoms with Gasteiger partial charge in [-0.3, -0.25) is 4.98 Å². The second-order valence-corrected chi connectivity index (χ2v) is 19.3. The molecule has 4 heteroatoms. The Bertz CT molecular complexity index is 3760. The number of allylic oxidation sites excluding steroid dienone is 4. The molecule has 2 heterocycles. The van der Waals surface area contributed by atoms with Gasteiger partial charge in [0.25, 0.3) is 0 Å². The Kier molecular flexibility index (Phi) is 9.03. The fourth-order valence-corrected chi connectivity index (χ4v) is 11.2. The highest BCUT2D eigenvalue weighted by Gasteiger charge is 2.53. The lowest BCUT2D eigenvalue weighted by Crippen LogP contribution is -2.36. The summed E-state index contributed by atoms with van der Waals surface area (Å²) in [6.07, 6.45) is 12.9. The summed E-state index contributed by atoms with van der Waals surface area (Å²) >= 11 is 0. The average molecular weight is 871 g/mol. The topological polar surface area (TPSA) is 51.6 Å². The number of aromatic nitrogens is 4. The second kappa shape index (κ2) is 15.4. The van der Waals surface area contributed by atoms with Crippen molar-refractivity contribution in [2.24, 2.45) is 5.41 Å². The highest BCUT2D eigenvalue weighted by atomic mass is 15.0. The maximum atomic E-state index is 5.46. The quantitative estimate of drug-likeness (QED) is 0.156. The van der Waals surface area contributed by atoms with E-state index in [4.69, 9.17) is 15.0 Å². The van der Waals surface area contributed by atoms with Gasteiger partial charge in [-0.05, 0) is 148 Å². The molecule has 11 aromatic rings. The zero-order chi connectivity index (χ0) is 45.6. The van der Waals surface area contributed by atoms with Gasteiger partial charge in [0, 0.05) is 40.4 Å². The van der Waals surface area contributed by atoms with E-state index >= 15 is 0 Å². The van der Waals surface area contributed by atoms with Gasteiger partial charge in [0.05, 0.1) is 0 Å². The van der Waals surface area contributed by atoms with E-state index in [9.17, 15) is 0 Å². The lowest BCUT2D eigenvalue weighted by molar-refractivity contribution is 0.245. The molecule has 0 fully saturated rings. The molecule has 0 spiro atoms. The van der Waals surface area contributed by atoms with Crippen molar-refractivity contribution in [2.45, 2.75) is 32.1 Å². The van der Waals surface area contributed by atoms with Crippen LogP contribution >= 0.6 is 0 Å². The van der Waals surface area contributed by atoms with E-state index < -0.39 is 0 Å². The van der Waals surface area contributed by atoms with Gasteiger partial charge in [0.1, 0.15) is 0 Å². The van der Waals surface area contributed by atoms with Crippen molar-refractivity contribution in [1.29, 1.82) is 0 Å². The van der Waals surface area contributed by atoms with Crippen molar-refractivity contribution < 1.29 is 0 Å². The molecule has 2 unspecified atom stereocenters. The summed E-state index contributed by atoms with van der Waals surface area (Å²) in [6.45, 7) is 7.16. The van der Waals surface area contributed by atoms with E-state index in [0.717, 1.165) is 50.1 Å². The lowest BCUT2D eigenvalue weighted by Gasteiger charge is -2.41. The van der Waals surface area contributed by atoms with Crippen molar-refractivity contribution in [1.82, 2.24) is 19.9 Å². The fourth-order valence-electron chi connectivity index (χ4n) is 11.2. The van der Waals surface area contributed by atoms with Crippen LogP contribution in [0.5, 0.6) is 0 Å². The fraction of sp³-hybridized carbons (Fsp3) is 0.0938. The monoisotopic (exact) mass is 870 g/mol. The van der Waals surface area contributed by atoms with Gasteiger partial charge in [-0.1, -0.05) is 172 Å². The second-order valence-electron chi connectivity index (χ2n) is 19.3. The highest BCUT2D eigenvalue weighted by molar-refractivity contribution is 6.08. The first-order valence-electron chi connectivity index (χ1n) is 23.5. The van der Waals surface area contributed by atoms with Crippen LogP contribution in [0.2, 0.25) is 0 Å². The number of rotatable bonds is 6. The minimum atomic E-state index is -0.0587. The molecule has 0 radical (unpaired) electrons. The molecule has 322 valence electrons. The summed E-state index contributed by atoms with van der Waals surface area (Å²) in [5, 5.41) is 9.67. The van der Waals surface area contributed by atoms with Crippen LogP contribution in [-0.2, 0) is 5.41 Å². The SMILES string of the molecule is CC1(C)c2ccc(-c3nc(-c4ccc(-c5cccnc5)cc4)nc(-c4cc(-c5cccc6cc7ccccc7cc56)cc(-c5cccc6cc7ccccc7cc56)c4)n3)cc2C2C=CC=CC21C. The van der Waals surface area contributed by atoms with Crippen LogP contribution in [0.15, 0.2) is 219 Å². The van der Waals surface area contributed by atoms with Crippen molar-refractivity contribution in [3.63, 3.8) is 0 Å². The summed E-state index contributed by atoms with van der Waals surface area (Å²) in [5.41, 5.74) is 12.0. The third-order valence-electron chi connectivity index (χ3n) is 15.2. The van der Waals surface area contributed by atoms with Crippen molar-refractivity contribution >= 4 is 43.1 Å². The zero-order valence-corrected chi connectivity index (χ0v) is 38.2. The molecule has 2 aliphatic rings. The number of benzene rings is 9. The third-order valence-corrected chi connectivity index (χ3v) is 15.2. The predicted octanol–water partition coefficient (Wildman–Crippen LogP) is 16.4. The van der Waals surface area contributed by atoms with Gasteiger partial charge in [0.15, 0.2) is 17.5 Å². The minimum absolute atomic E-state index is 0.0488. The van der Waals surface area contributed by atoms with Crippen molar-refractivity contribution in [3.8, 4) is 67.5 Å². The molecule has 0 bridgehead atoms. The van der Waals surface area contributed by atoms with Gasteiger partial charge < -0.3 is 0 Å². The van der Waals surface area contributed by atoms with Crippen LogP contribution in [0.4, 0.5) is 0 Å². The Hall–Kier alpha value is -8.34. The molecule has 68 heavy (non-hydrogen) atoms. The van der Waals surface area contributed by atoms with E-state index in [1.807, 2.05) is 12.3 Å². The third kappa shape index (κ3) is 6.43. The lowest BCUT2D eigenvalue weighted by atomic mass is 9.62. The highest BCUT2D eigenvalue weighted by Crippen LogP contribution is 2.61. The number of hydrogen-bond donors (Lipinski definition) is 0. The molecule has 0 amide bonds. The summed E-state index contributed by atoms with van der Waals surface area (Å²) in [7, 11) is 0. The summed E-state index contributed by atoms with van der Waals surface area (Å²) in [6, 6.07) is 66.1. The molecule has 0 saturated heterocycles. The molecule has 0 saturated carbocycles. The van der Waals surface area contributed by atoms with Crippen LogP contribution in [0, 0.1) is 5.41 Å². The van der Waals surface area contributed by atoms with Gasteiger partial charge in [-0.2, -0.15) is 0 Å². The molecular weight excluding hydrogens is 825 g/mol. The standard InChI is InChI=1S/C64H46N4/c1-63(2)58-28-27-48(38-57(58)59-22-8-9-29-64(59,63)3)61-66-60(41-25-23-40(24-26-41)49-19-12-30-65-39-49)67-62(68-61)52-34-50(53-20-10-17-46-31-42-13-4-6-15-44(42)36-55(46)53)33-51(35-52)54-21-11-18-47-32-43-14-5-7-16-45(43)37-56(47)54/h4-39,59H,1-3H3. The Balaban J connectivity index is 1.05. The molecule has 2 atom stereocenters. The Labute approximate surface area is 396 Å². The summed E-state index contributed by atoms with van der Waals surface area (Å²) in [4.78, 5) is 20.5. The van der Waals surface area contributed by atoms with Crippen LogP contribution in [0.25, 0.3) is 111 Å². The number of fused-ring (bicyclic) bond motifs is 7. The Morgan fingerprint density at radius 3 is 1.53 bits per heavy atom. The van der Waals surface area contributed by atoms with Gasteiger partial charge in [-0.25, -0.2) is 15.0 Å². The molecule has 2 aromatic heterocycles. The number of nitrogens with zero attached hydrogens (tertiary/aromatic N) is 4. The molecule has 13 rings (SSSR count). The van der Waals surface area contributed by atoms with Crippen molar-refractivity contribution in [3.05, 3.63) is 230 Å². The maximum absolute atomic E-state index is 5.46. The smallest absolute Gasteiger partial charge is 0.164 e.